The van der Waals surface area contributed by atoms with Crippen LogP contribution in [0.2, 0.25) is 0 Å². The highest BCUT2D eigenvalue weighted by atomic mass is 16.6. The Hall–Kier alpha value is -1.04. The molecule has 0 atom stereocenters. The van der Waals surface area contributed by atoms with Crippen molar-refractivity contribution in [1.29, 1.82) is 5.26 Å². The van der Waals surface area contributed by atoms with Gasteiger partial charge < -0.3 is 4.74 Å². The van der Waals surface area contributed by atoms with Gasteiger partial charge in [0, 0.05) is 6.42 Å². The van der Waals surface area contributed by atoms with Crippen LogP contribution in [0.25, 0.3) is 0 Å². The fraction of sp³-hybridized carbons (Fsp3) is 0.778. The third-order valence-corrected chi connectivity index (χ3v) is 1.35. The van der Waals surface area contributed by atoms with Crippen LogP contribution in [0.15, 0.2) is 0 Å². The lowest BCUT2D eigenvalue weighted by atomic mass is 10.1. The van der Waals surface area contributed by atoms with Gasteiger partial charge in [-0.1, -0.05) is 6.92 Å². The SMILES string of the molecule is CCCC(=O)OC(C)(C)CC#N. The number of nitriles is 1. The van der Waals surface area contributed by atoms with Crippen LogP contribution in [0, 0.1) is 11.3 Å². The predicted octanol–water partition coefficient (Wildman–Crippen LogP) is 2.02. The Morgan fingerprint density at radius 1 is 1.58 bits per heavy atom. The van der Waals surface area contributed by atoms with Gasteiger partial charge in [-0.3, -0.25) is 4.79 Å². The van der Waals surface area contributed by atoms with Crippen LogP contribution in [-0.4, -0.2) is 11.6 Å². The molecule has 3 nitrogen and oxygen atoms in total. The topological polar surface area (TPSA) is 50.1 Å². The minimum atomic E-state index is -0.638. The first-order valence-electron chi connectivity index (χ1n) is 4.10. The van der Waals surface area contributed by atoms with Gasteiger partial charge in [-0.25, -0.2) is 0 Å². The average Bonchev–Trinajstić information content (AvgIpc) is 1.85. The summed E-state index contributed by atoms with van der Waals surface area (Å²) in [5.74, 6) is -0.224. The maximum Gasteiger partial charge on any atom is 0.306 e. The molecule has 0 spiro atoms. The Bertz CT molecular complexity index is 191. The normalized spacial score (nSPS) is 10.5. The molecule has 0 rings (SSSR count). The molecule has 0 aromatic rings. The van der Waals surface area contributed by atoms with Crippen LogP contribution in [0.4, 0.5) is 0 Å². The second-order valence-corrected chi connectivity index (χ2v) is 3.32. The molecule has 12 heavy (non-hydrogen) atoms. The van der Waals surface area contributed by atoms with Crippen molar-refractivity contribution in [2.75, 3.05) is 0 Å². The lowest BCUT2D eigenvalue weighted by molar-refractivity contribution is -0.156. The van der Waals surface area contributed by atoms with Crippen molar-refractivity contribution in [3.8, 4) is 6.07 Å². The van der Waals surface area contributed by atoms with Crippen LogP contribution in [0.1, 0.15) is 40.0 Å². The Morgan fingerprint density at radius 3 is 2.58 bits per heavy atom. The fourth-order valence-electron chi connectivity index (χ4n) is 0.790. The second kappa shape index (κ2) is 4.76. The molecule has 0 saturated heterocycles. The summed E-state index contributed by atoms with van der Waals surface area (Å²) in [5, 5.41) is 8.40. The van der Waals surface area contributed by atoms with E-state index in [1.165, 1.54) is 0 Å². The van der Waals surface area contributed by atoms with Crippen molar-refractivity contribution < 1.29 is 9.53 Å². The molecule has 3 heteroatoms. The first kappa shape index (κ1) is 11.0. The summed E-state index contributed by atoms with van der Waals surface area (Å²) in [4.78, 5) is 11.0. The molecule has 0 saturated carbocycles. The smallest absolute Gasteiger partial charge is 0.306 e. The van der Waals surface area contributed by atoms with E-state index < -0.39 is 5.60 Å². The summed E-state index contributed by atoms with van der Waals surface area (Å²) in [7, 11) is 0. The van der Waals surface area contributed by atoms with Gasteiger partial charge in [0.2, 0.25) is 0 Å². The van der Waals surface area contributed by atoms with Gasteiger partial charge in [0.15, 0.2) is 0 Å². The van der Waals surface area contributed by atoms with E-state index in [1.54, 1.807) is 13.8 Å². The Morgan fingerprint density at radius 2 is 2.17 bits per heavy atom. The molecule has 0 aliphatic rings. The lowest BCUT2D eigenvalue weighted by Crippen LogP contribution is -2.27. The number of carbonyl (C=O) groups is 1. The summed E-state index contributed by atoms with van der Waals surface area (Å²) in [5.41, 5.74) is -0.638. The summed E-state index contributed by atoms with van der Waals surface area (Å²) in [6.07, 6.45) is 1.44. The number of carbonyl (C=O) groups excluding carboxylic acids is 1. The molecule has 0 bridgehead atoms. The summed E-state index contributed by atoms with van der Waals surface area (Å²) in [6, 6.07) is 1.98. The zero-order valence-corrected chi connectivity index (χ0v) is 7.89. The van der Waals surface area contributed by atoms with Crippen LogP contribution < -0.4 is 0 Å². The van der Waals surface area contributed by atoms with E-state index in [0.29, 0.717) is 6.42 Å². The van der Waals surface area contributed by atoms with Crippen molar-refractivity contribution in [1.82, 2.24) is 0 Å². The molecule has 0 aromatic heterocycles. The molecule has 0 aliphatic carbocycles. The molecule has 0 heterocycles. The first-order valence-corrected chi connectivity index (χ1v) is 4.10. The predicted molar refractivity (Wildman–Crippen MR) is 45.3 cm³/mol. The minimum Gasteiger partial charge on any atom is -0.459 e. The number of hydrogen-bond acceptors (Lipinski definition) is 3. The van der Waals surface area contributed by atoms with Gasteiger partial charge >= 0.3 is 5.97 Å². The number of hydrogen-bond donors (Lipinski definition) is 0. The Labute approximate surface area is 73.3 Å². The third-order valence-electron chi connectivity index (χ3n) is 1.35. The van der Waals surface area contributed by atoms with Crippen LogP contribution in [-0.2, 0) is 9.53 Å². The molecule has 0 amide bonds. The molecular weight excluding hydrogens is 154 g/mol. The zero-order chi connectivity index (χ0) is 9.61. The van der Waals surface area contributed by atoms with E-state index in [0.717, 1.165) is 6.42 Å². The Balaban J connectivity index is 3.89. The van der Waals surface area contributed by atoms with Gasteiger partial charge in [-0.05, 0) is 20.3 Å². The standard InChI is InChI=1S/C9H15NO2/c1-4-5-8(11)12-9(2,3)6-7-10/h4-6H2,1-3H3. The highest BCUT2D eigenvalue weighted by Crippen LogP contribution is 2.14. The molecule has 68 valence electrons. The quantitative estimate of drug-likeness (QED) is 0.605. The number of esters is 1. The highest BCUT2D eigenvalue weighted by Gasteiger charge is 2.21. The zero-order valence-electron chi connectivity index (χ0n) is 7.89. The monoisotopic (exact) mass is 169 g/mol. The van der Waals surface area contributed by atoms with Gasteiger partial charge in [0.05, 0.1) is 12.5 Å². The van der Waals surface area contributed by atoms with E-state index in [9.17, 15) is 4.79 Å². The molecule has 0 unspecified atom stereocenters. The van der Waals surface area contributed by atoms with Crippen LogP contribution >= 0.6 is 0 Å². The van der Waals surface area contributed by atoms with Gasteiger partial charge in [-0.15, -0.1) is 0 Å². The maximum absolute atomic E-state index is 11.0. The highest BCUT2D eigenvalue weighted by molar-refractivity contribution is 5.69. The van der Waals surface area contributed by atoms with Gasteiger partial charge in [0.25, 0.3) is 0 Å². The van der Waals surface area contributed by atoms with E-state index in [1.807, 2.05) is 13.0 Å². The first-order chi connectivity index (χ1) is 5.52. The summed E-state index contributed by atoms with van der Waals surface area (Å²) < 4.78 is 5.06. The molecule has 0 aliphatic heterocycles. The Kier molecular flexibility index (Phi) is 4.35. The molecule has 0 aromatic carbocycles. The van der Waals surface area contributed by atoms with Crippen molar-refractivity contribution in [2.24, 2.45) is 0 Å². The van der Waals surface area contributed by atoms with Gasteiger partial charge in [0.1, 0.15) is 5.60 Å². The van der Waals surface area contributed by atoms with E-state index in [-0.39, 0.29) is 12.4 Å². The molecule has 0 fully saturated rings. The fourth-order valence-corrected chi connectivity index (χ4v) is 0.790. The average molecular weight is 169 g/mol. The second-order valence-electron chi connectivity index (χ2n) is 3.32. The summed E-state index contributed by atoms with van der Waals surface area (Å²) >= 11 is 0. The lowest BCUT2D eigenvalue weighted by Gasteiger charge is -2.21. The number of nitrogens with zero attached hydrogens (tertiary/aromatic N) is 1. The molecule has 0 radical (unpaired) electrons. The van der Waals surface area contributed by atoms with Crippen LogP contribution in [0.3, 0.4) is 0 Å². The van der Waals surface area contributed by atoms with E-state index in [4.69, 9.17) is 10.00 Å². The van der Waals surface area contributed by atoms with Crippen molar-refractivity contribution in [3.63, 3.8) is 0 Å². The van der Waals surface area contributed by atoms with Crippen molar-refractivity contribution in [2.45, 2.75) is 45.6 Å². The molecule has 0 N–H and O–H groups in total. The summed E-state index contributed by atoms with van der Waals surface area (Å²) in [6.45, 7) is 5.39. The van der Waals surface area contributed by atoms with E-state index >= 15 is 0 Å². The maximum atomic E-state index is 11.0. The molecular formula is C9H15NO2. The number of ether oxygens (including phenoxy) is 1. The largest absolute Gasteiger partial charge is 0.459 e. The van der Waals surface area contributed by atoms with E-state index in [2.05, 4.69) is 0 Å². The van der Waals surface area contributed by atoms with Crippen molar-refractivity contribution >= 4 is 5.97 Å². The van der Waals surface area contributed by atoms with Crippen LogP contribution in [0.5, 0.6) is 0 Å². The third kappa shape index (κ3) is 4.73. The number of rotatable bonds is 4. The van der Waals surface area contributed by atoms with Crippen molar-refractivity contribution in [3.05, 3.63) is 0 Å². The van der Waals surface area contributed by atoms with Gasteiger partial charge in [-0.2, -0.15) is 5.26 Å². The minimum absolute atomic E-state index is 0.224.